The normalized spacial score (nSPS) is 20.3. The van der Waals surface area contributed by atoms with Gasteiger partial charge in [0, 0.05) is 12.5 Å². The molecule has 3 heteroatoms. The highest BCUT2D eigenvalue weighted by Crippen LogP contribution is 2.28. The van der Waals surface area contributed by atoms with E-state index in [0.29, 0.717) is 12.1 Å². The number of piperidine rings is 1. The topological polar surface area (TPSA) is 38.3 Å². The van der Waals surface area contributed by atoms with Gasteiger partial charge >= 0.3 is 5.97 Å². The third kappa shape index (κ3) is 3.42. The largest absolute Gasteiger partial charge is 0.457 e. The van der Waals surface area contributed by atoms with E-state index in [9.17, 15) is 4.79 Å². The molecule has 1 fully saturated rings. The van der Waals surface area contributed by atoms with Crippen molar-refractivity contribution in [1.82, 2.24) is 5.32 Å². The van der Waals surface area contributed by atoms with Gasteiger partial charge in [-0.25, -0.2) is 4.79 Å². The fraction of sp³-hybridized carbons (Fsp3) is 0.227. The van der Waals surface area contributed by atoms with E-state index in [-0.39, 0.29) is 18.0 Å². The van der Waals surface area contributed by atoms with Gasteiger partial charge in [0.25, 0.3) is 0 Å². The van der Waals surface area contributed by atoms with E-state index in [4.69, 9.17) is 4.74 Å². The summed E-state index contributed by atoms with van der Waals surface area (Å²) < 4.78 is 5.89. The summed E-state index contributed by atoms with van der Waals surface area (Å²) in [7, 11) is 0. The molecule has 3 aromatic rings. The first-order valence-electron chi connectivity index (χ1n) is 8.77. The summed E-state index contributed by atoms with van der Waals surface area (Å²) in [6, 6.07) is 24.1. The van der Waals surface area contributed by atoms with Crippen molar-refractivity contribution in [2.24, 2.45) is 0 Å². The van der Waals surface area contributed by atoms with Crippen molar-refractivity contribution >= 4 is 16.7 Å². The minimum Gasteiger partial charge on any atom is -0.457 e. The molecule has 3 nitrogen and oxygen atoms in total. The number of carbonyl (C=O) groups is 1. The molecule has 3 aromatic carbocycles. The van der Waals surface area contributed by atoms with Crippen LogP contribution < -0.4 is 5.32 Å². The van der Waals surface area contributed by atoms with E-state index in [1.54, 1.807) is 0 Å². The summed E-state index contributed by atoms with van der Waals surface area (Å²) in [5, 5.41) is 5.52. The quantitative estimate of drug-likeness (QED) is 0.733. The summed E-state index contributed by atoms with van der Waals surface area (Å²) in [6.07, 6.45) is 0.828. The smallest absolute Gasteiger partial charge is 0.338 e. The summed E-state index contributed by atoms with van der Waals surface area (Å²) >= 11 is 0. The Hall–Kier alpha value is -2.65. The molecule has 2 atom stereocenters. The summed E-state index contributed by atoms with van der Waals surface area (Å²) in [5.74, 6) is -0.00718. The third-order valence-corrected chi connectivity index (χ3v) is 4.90. The molecule has 0 aromatic heterocycles. The Bertz CT molecular complexity index is 875. The molecule has 1 aliphatic heterocycles. The Morgan fingerprint density at radius 2 is 1.68 bits per heavy atom. The van der Waals surface area contributed by atoms with Crippen molar-refractivity contribution in [2.75, 3.05) is 13.1 Å². The van der Waals surface area contributed by atoms with E-state index < -0.39 is 0 Å². The van der Waals surface area contributed by atoms with E-state index in [1.807, 2.05) is 60.7 Å². The molecule has 4 rings (SSSR count). The van der Waals surface area contributed by atoms with Crippen molar-refractivity contribution in [2.45, 2.75) is 18.4 Å². The molecule has 0 aliphatic carbocycles. The molecular weight excluding hydrogens is 310 g/mol. The molecule has 126 valence electrons. The Balaban J connectivity index is 1.55. The van der Waals surface area contributed by atoms with Crippen LogP contribution in [0.4, 0.5) is 0 Å². The Kier molecular flexibility index (Phi) is 4.49. The molecule has 0 saturated carbocycles. The Labute approximate surface area is 147 Å². The lowest BCUT2D eigenvalue weighted by atomic mass is 9.88. The standard InChI is InChI=1S/C22H21NO2/c24-22(19-11-10-16-6-4-5-9-18(16)14-19)25-21-15-23-13-12-20(21)17-7-2-1-3-8-17/h1-11,14,20-21,23H,12-13,15H2/t20-,21+/m1/s1. The predicted octanol–water partition coefficient (Wildman–Crippen LogP) is 4.14. The number of fused-ring (bicyclic) bond motifs is 1. The van der Waals surface area contributed by atoms with Gasteiger partial charge in [-0.3, -0.25) is 0 Å². The highest BCUT2D eigenvalue weighted by Gasteiger charge is 2.29. The number of hydrogen-bond acceptors (Lipinski definition) is 3. The zero-order valence-electron chi connectivity index (χ0n) is 14.0. The van der Waals surface area contributed by atoms with Crippen molar-refractivity contribution in [3.8, 4) is 0 Å². The third-order valence-electron chi connectivity index (χ3n) is 4.90. The molecule has 1 aliphatic rings. The van der Waals surface area contributed by atoms with E-state index in [2.05, 4.69) is 17.4 Å². The predicted molar refractivity (Wildman–Crippen MR) is 99.8 cm³/mol. The van der Waals surface area contributed by atoms with Crippen molar-refractivity contribution in [3.05, 3.63) is 83.9 Å². The maximum Gasteiger partial charge on any atom is 0.338 e. The molecule has 1 N–H and O–H groups in total. The average molecular weight is 331 g/mol. The molecule has 0 radical (unpaired) electrons. The van der Waals surface area contributed by atoms with Crippen LogP contribution in [-0.4, -0.2) is 25.2 Å². The Morgan fingerprint density at radius 3 is 2.52 bits per heavy atom. The molecule has 0 amide bonds. The zero-order chi connectivity index (χ0) is 17.1. The van der Waals surface area contributed by atoms with Crippen LogP contribution in [0.2, 0.25) is 0 Å². The second kappa shape index (κ2) is 7.08. The molecular formula is C22H21NO2. The first-order valence-corrected chi connectivity index (χ1v) is 8.77. The lowest BCUT2D eigenvalue weighted by Crippen LogP contribution is -2.42. The number of hydrogen-bond donors (Lipinski definition) is 1. The summed E-state index contributed by atoms with van der Waals surface area (Å²) in [6.45, 7) is 1.64. The van der Waals surface area contributed by atoms with Crippen LogP contribution in [0.5, 0.6) is 0 Å². The first-order chi connectivity index (χ1) is 12.3. The maximum absolute atomic E-state index is 12.7. The number of nitrogens with one attached hydrogen (secondary N) is 1. The molecule has 0 unspecified atom stereocenters. The van der Waals surface area contributed by atoms with Crippen molar-refractivity contribution in [1.29, 1.82) is 0 Å². The molecule has 1 saturated heterocycles. The van der Waals surface area contributed by atoms with Crippen molar-refractivity contribution < 1.29 is 9.53 Å². The highest BCUT2D eigenvalue weighted by molar-refractivity contribution is 5.95. The van der Waals surface area contributed by atoms with Gasteiger partial charge < -0.3 is 10.1 Å². The van der Waals surface area contributed by atoms with Crippen LogP contribution in [0, 0.1) is 0 Å². The van der Waals surface area contributed by atoms with Gasteiger partial charge in [0.2, 0.25) is 0 Å². The van der Waals surface area contributed by atoms with Gasteiger partial charge in [-0.15, -0.1) is 0 Å². The highest BCUT2D eigenvalue weighted by atomic mass is 16.5. The maximum atomic E-state index is 12.7. The van der Waals surface area contributed by atoms with Gasteiger partial charge in [-0.2, -0.15) is 0 Å². The lowest BCUT2D eigenvalue weighted by molar-refractivity contribution is 0.0183. The van der Waals surface area contributed by atoms with Gasteiger partial charge in [-0.05, 0) is 41.4 Å². The number of esters is 1. The number of rotatable bonds is 3. The van der Waals surface area contributed by atoms with Crippen molar-refractivity contribution in [3.63, 3.8) is 0 Å². The molecule has 0 bridgehead atoms. The number of carbonyl (C=O) groups excluding carboxylic acids is 1. The van der Waals surface area contributed by atoms with Gasteiger partial charge in [0.05, 0.1) is 5.56 Å². The van der Waals surface area contributed by atoms with Crippen LogP contribution in [0.25, 0.3) is 10.8 Å². The average Bonchev–Trinajstić information content (AvgIpc) is 2.68. The van der Waals surface area contributed by atoms with Gasteiger partial charge in [0.1, 0.15) is 6.10 Å². The van der Waals surface area contributed by atoms with E-state index in [0.717, 1.165) is 23.7 Å². The fourth-order valence-electron chi connectivity index (χ4n) is 3.56. The summed E-state index contributed by atoms with van der Waals surface area (Å²) in [4.78, 5) is 12.7. The second-order valence-electron chi connectivity index (χ2n) is 6.52. The molecule has 0 spiro atoms. The van der Waals surface area contributed by atoms with Crippen LogP contribution in [0.3, 0.4) is 0 Å². The number of ether oxygens (including phenoxy) is 1. The zero-order valence-corrected chi connectivity index (χ0v) is 14.0. The molecule has 1 heterocycles. The monoisotopic (exact) mass is 331 g/mol. The van der Waals surface area contributed by atoms with Crippen LogP contribution in [0.15, 0.2) is 72.8 Å². The van der Waals surface area contributed by atoms with Crippen LogP contribution in [0.1, 0.15) is 28.3 Å². The van der Waals surface area contributed by atoms with Crippen LogP contribution >= 0.6 is 0 Å². The van der Waals surface area contributed by atoms with Gasteiger partial charge in [0.15, 0.2) is 0 Å². The SMILES string of the molecule is O=C(O[C@H]1CNCC[C@@H]1c1ccccc1)c1ccc2ccccc2c1. The minimum absolute atomic E-state index is 0.143. The summed E-state index contributed by atoms with van der Waals surface area (Å²) in [5.41, 5.74) is 1.84. The van der Waals surface area contributed by atoms with E-state index in [1.165, 1.54) is 5.56 Å². The van der Waals surface area contributed by atoms with Crippen LogP contribution in [-0.2, 0) is 4.74 Å². The number of benzene rings is 3. The lowest BCUT2D eigenvalue weighted by Gasteiger charge is -2.32. The first kappa shape index (κ1) is 15.9. The fourth-order valence-corrected chi connectivity index (χ4v) is 3.56. The second-order valence-corrected chi connectivity index (χ2v) is 6.52. The van der Waals surface area contributed by atoms with Gasteiger partial charge in [-0.1, -0.05) is 60.7 Å². The molecule has 25 heavy (non-hydrogen) atoms. The minimum atomic E-state index is -0.250. The Morgan fingerprint density at radius 1 is 0.920 bits per heavy atom. The van der Waals surface area contributed by atoms with E-state index >= 15 is 0 Å².